The summed E-state index contributed by atoms with van der Waals surface area (Å²) in [6.07, 6.45) is 5.27. The first kappa shape index (κ1) is 12.2. The first-order chi connectivity index (χ1) is 9.24. The number of pyridine rings is 2. The molecule has 0 N–H and O–H groups in total. The van der Waals surface area contributed by atoms with E-state index in [9.17, 15) is 0 Å². The zero-order valence-electron chi connectivity index (χ0n) is 10.4. The number of hydrogen-bond acceptors (Lipinski definition) is 4. The van der Waals surface area contributed by atoms with Crippen molar-refractivity contribution < 1.29 is 4.42 Å². The first-order valence-electron chi connectivity index (χ1n) is 5.88. The molecule has 0 aliphatic carbocycles. The lowest BCUT2D eigenvalue weighted by atomic mass is 10.2. The molecule has 0 fully saturated rings. The smallest absolute Gasteiger partial charge is 0.123 e. The van der Waals surface area contributed by atoms with Crippen LogP contribution < -0.4 is 4.90 Å². The molecule has 0 spiro atoms. The van der Waals surface area contributed by atoms with Crippen molar-refractivity contribution in [2.45, 2.75) is 6.54 Å². The van der Waals surface area contributed by atoms with Crippen LogP contribution in [0.3, 0.4) is 0 Å². The quantitative estimate of drug-likeness (QED) is 0.740. The van der Waals surface area contributed by atoms with Gasteiger partial charge < -0.3 is 9.32 Å². The molecule has 0 bridgehead atoms. The molecule has 96 valence electrons. The molecule has 0 atom stereocenters. The summed E-state index contributed by atoms with van der Waals surface area (Å²) in [4.78, 5) is 10.9. The van der Waals surface area contributed by atoms with Crippen LogP contribution >= 0.6 is 15.9 Å². The minimum Gasteiger partial charge on any atom is -0.467 e. The number of nitrogens with zero attached hydrogens (tertiary/aromatic N) is 3. The Balaban J connectivity index is 2.00. The van der Waals surface area contributed by atoms with Gasteiger partial charge in [0, 0.05) is 23.9 Å². The number of anilines is 1. The summed E-state index contributed by atoms with van der Waals surface area (Å²) in [5.74, 6) is 0.921. The predicted octanol–water partition coefficient (Wildman–Crippen LogP) is 3.62. The fraction of sp³-hybridized carbons (Fsp3) is 0.143. The maximum atomic E-state index is 5.37. The molecule has 0 unspecified atom stereocenters. The van der Waals surface area contributed by atoms with Crippen LogP contribution in [0, 0.1) is 0 Å². The minimum atomic E-state index is 0.698. The maximum absolute atomic E-state index is 5.37. The van der Waals surface area contributed by atoms with E-state index in [4.69, 9.17) is 4.42 Å². The van der Waals surface area contributed by atoms with Crippen LogP contribution in [-0.4, -0.2) is 17.0 Å². The van der Waals surface area contributed by atoms with Crippen molar-refractivity contribution in [1.29, 1.82) is 0 Å². The van der Waals surface area contributed by atoms with E-state index in [0.29, 0.717) is 6.54 Å². The zero-order chi connectivity index (χ0) is 13.2. The van der Waals surface area contributed by atoms with Crippen LogP contribution in [-0.2, 0) is 6.54 Å². The Kier molecular flexibility index (Phi) is 3.21. The molecule has 5 heteroatoms. The molecule has 0 radical (unpaired) electrons. The van der Waals surface area contributed by atoms with E-state index in [1.165, 1.54) is 0 Å². The summed E-state index contributed by atoms with van der Waals surface area (Å²) in [6.45, 7) is 0.698. The van der Waals surface area contributed by atoms with Crippen molar-refractivity contribution in [1.82, 2.24) is 9.97 Å². The fourth-order valence-corrected chi connectivity index (χ4v) is 2.34. The lowest BCUT2D eigenvalue weighted by Crippen LogP contribution is -2.16. The third-order valence-electron chi connectivity index (χ3n) is 2.91. The van der Waals surface area contributed by atoms with E-state index in [2.05, 4.69) is 30.8 Å². The third kappa shape index (κ3) is 2.46. The summed E-state index contributed by atoms with van der Waals surface area (Å²) in [7, 11) is 2.01. The zero-order valence-corrected chi connectivity index (χ0v) is 12.0. The molecule has 0 aromatic carbocycles. The van der Waals surface area contributed by atoms with Crippen LogP contribution in [0.4, 0.5) is 5.69 Å². The number of hydrogen-bond donors (Lipinski definition) is 0. The van der Waals surface area contributed by atoms with Gasteiger partial charge in [0.05, 0.1) is 24.0 Å². The molecule has 3 heterocycles. The second kappa shape index (κ2) is 5.01. The number of halogens is 1. The second-order valence-electron chi connectivity index (χ2n) is 4.29. The highest BCUT2D eigenvalue weighted by Gasteiger charge is 2.10. The van der Waals surface area contributed by atoms with Crippen molar-refractivity contribution in [2.75, 3.05) is 11.9 Å². The van der Waals surface area contributed by atoms with Crippen molar-refractivity contribution >= 4 is 32.7 Å². The number of rotatable bonds is 3. The van der Waals surface area contributed by atoms with Crippen molar-refractivity contribution in [2.24, 2.45) is 0 Å². The average Bonchev–Trinajstić information content (AvgIpc) is 2.90. The van der Waals surface area contributed by atoms with Crippen LogP contribution in [0.15, 0.2) is 51.8 Å². The molecule has 3 aromatic rings. The summed E-state index contributed by atoms with van der Waals surface area (Å²) in [5.41, 5.74) is 2.80. The molecule has 0 aliphatic heterocycles. The largest absolute Gasteiger partial charge is 0.467 e. The van der Waals surface area contributed by atoms with E-state index < -0.39 is 0 Å². The Morgan fingerprint density at radius 3 is 3.00 bits per heavy atom. The summed E-state index contributed by atoms with van der Waals surface area (Å²) >= 11 is 3.41. The highest BCUT2D eigenvalue weighted by molar-refractivity contribution is 9.10. The van der Waals surface area contributed by atoms with E-state index in [1.54, 1.807) is 18.7 Å². The molecule has 3 rings (SSSR count). The molecule has 0 amide bonds. The van der Waals surface area contributed by atoms with Crippen LogP contribution in [0.2, 0.25) is 0 Å². The second-order valence-corrected chi connectivity index (χ2v) is 5.20. The molecule has 3 aromatic heterocycles. The lowest BCUT2D eigenvalue weighted by molar-refractivity contribution is 0.507. The highest BCUT2D eigenvalue weighted by atomic mass is 79.9. The molecular weight excluding hydrogens is 306 g/mol. The van der Waals surface area contributed by atoms with Crippen LogP contribution in [0.5, 0.6) is 0 Å². The van der Waals surface area contributed by atoms with Gasteiger partial charge in [-0.15, -0.1) is 0 Å². The number of aromatic nitrogens is 2. The van der Waals surface area contributed by atoms with Crippen molar-refractivity contribution in [3.63, 3.8) is 0 Å². The minimum absolute atomic E-state index is 0.698. The van der Waals surface area contributed by atoms with E-state index in [1.807, 2.05) is 31.3 Å². The normalized spacial score (nSPS) is 10.8. The lowest BCUT2D eigenvalue weighted by Gasteiger charge is -2.19. The number of fused-ring (bicyclic) bond motifs is 1. The summed E-state index contributed by atoms with van der Waals surface area (Å²) in [6, 6.07) is 7.78. The number of furan rings is 1. The Labute approximate surface area is 119 Å². The standard InChI is InChI=1S/C14H12BrN3O/c1-18(9-11-3-2-6-19-11)13-4-5-16-12-7-10(15)8-17-14(12)13/h2-8H,9H2,1H3. The van der Waals surface area contributed by atoms with Gasteiger partial charge in [0.25, 0.3) is 0 Å². The van der Waals surface area contributed by atoms with Crippen molar-refractivity contribution in [3.05, 3.63) is 53.2 Å². The average molecular weight is 318 g/mol. The Hall–Kier alpha value is -1.88. The monoisotopic (exact) mass is 317 g/mol. The van der Waals surface area contributed by atoms with Gasteiger partial charge in [-0.25, -0.2) is 0 Å². The van der Waals surface area contributed by atoms with Gasteiger partial charge in [-0.1, -0.05) is 0 Å². The van der Waals surface area contributed by atoms with Gasteiger partial charge in [0.15, 0.2) is 0 Å². The molecule has 0 saturated heterocycles. The molecule has 19 heavy (non-hydrogen) atoms. The summed E-state index contributed by atoms with van der Waals surface area (Å²) in [5, 5.41) is 0. The SMILES string of the molecule is CN(Cc1ccco1)c1ccnc2cc(Br)cnc12. The molecule has 4 nitrogen and oxygen atoms in total. The van der Waals surface area contributed by atoms with Gasteiger partial charge in [-0.2, -0.15) is 0 Å². The van der Waals surface area contributed by atoms with Gasteiger partial charge in [0.2, 0.25) is 0 Å². The first-order valence-corrected chi connectivity index (χ1v) is 6.67. The van der Waals surface area contributed by atoms with E-state index >= 15 is 0 Å². The molecular formula is C14H12BrN3O. The van der Waals surface area contributed by atoms with Crippen molar-refractivity contribution in [3.8, 4) is 0 Å². The molecule has 0 saturated carbocycles. The van der Waals surface area contributed by atoms with Gasteiger partial charge in [-0.05, 0) is 40.2 Å². The Morgan fingerprint density at radius 1 is 1.32 bits per heavy atom. The van der Waals surface area contributed by atoms with Gasteiger partial charge >= 0.3 is 0 Å². The topological polar surface area (TPSA) is 42.2 Å². The van der Waals surface area contributed by atoms with Crippen LogP contribution in [0.1, 0.15) is 5.76 Å². The van der Waals surface area contributed by atoms with Crippen LogP contribution in [0.25, 0.3) is 11.0 Å². The maximum Gasteiger partial charge on any atom is 0.123 e. The van der Waals surface area contributed by atoms with Gasteiger partial charge in [0.1, 0.15) is 11.3 Å². The predicted molar refractivity (Wildman–Crippen MR) is 78.1 cm³/mol. The van der Waals surface area contributed by atoms with E-state index in [0.717, 1.165) is 27.0 Å². The summed E-state index contributed by atoms with van der Waals surface area (Å²) < 4.78 is 6.30. The Morgan fingerprint density at radius 2 is 2.21 bits per heavy atom. The highest BCUT2D eigenvalue weighted by Crippen LogP contribution is 2.25. The van der Waals surface area contributed by atoms with E-state index in [-0.39, 0.29) is 0 Å². The fourth-order valence-electron chi connectivity index (χ4n) is 2.02. The van der Waals surface area contributed by atoms with Gasteiger partial charge in [-0.3, -0.25) is 9.97 Å². The Bertz CT molecular complexity index is 697. The molecule has 0 aliphatic rings. The third-order valence-corrected chi connectivity index (χ3v) is 3.34.